The molecule has 0 atom stereocenters. The Kier molecular flexibility index (Phi) is 1.21. The zero-order valence-electron chi connectivity index (χ0n) is 5.90. The van der Waals surface area contributed by atoms with Crippen molar-refractivity contribution in [1.29, 1.82) is 0 Å². The van der Waals surface area contributed by atoms with Crippen LogP contribution in [0.3, 0.4) is 0 Å². The van der Waals surface area contributed by atoms with Crippen LogP contribution in [0.25, 0.3) is 11.2 Å². The van der Waals surface area contributed by atoms with Crippen LogP contribution in [0.2, 0.25) is 0 Å². The van der Waals surface area contributed by atoms with Gasteiger partial charge in [0.05, 0.1) is 0 Å². The van der Waals surface area contributed by atoms with Gasteiger partial charge in [-0.1, -0.05) is 0 Å². The molecule has 5 nitrogen and oxygen atoms in total. The Morgan fingerprint density at radius 1 is 1.36 bits per heavy atom. The molecule has 5 heteroatoms. The van der Waals surface area contributed by atoms with Crippen LogP contribution < -0.4 is 5.32 Å². The second-order valence-corrected chi connectivity index (χ2v) is 1.98. The Labute approximate surface area is 62.5 Å². The normalized spacial score (nSPS) is 10.3. The van der Waals surface area contributed by atoms with Gasteiger partial charge in [0, 0.05) is 7.05 Å². The van der Waals surface area contributed by atoms with Gasteiger partial charge in [0.15, 0.2) is 17.7 Å². The predicted octanol–water partition coefficient (Wildman–Crippen LogP) is 0.659. The number of aromatic nitrogens is 3. The minimum atomic E-state index is 0.504. The van der Waals surface area contributed by atoms with E-state index >= 15 is 0 Å². The van der Waals surface area contributed by atoms with E-state index in [0.717, 1.165) is 0 Å². The molecule has 0 aliphatic heterocycles. The molecule has 56 valence electrons. The van der Waals surface area contributed by atoms with E-state index in [0.29, 0.717) is 17.0 Å². The molecule has 0 saturated heterocycles. The Morgan fingerprint density at radius 3 is 3.09 bits per heavy atom. The lowest BCUT2D eigenvalue weighted by Gasteiger charge is -1.95. The molecule has 2 rings (SSSR count). The molecule has 0 aliphatic rings. The van der Waals surface area contributed by atoms with E-state index in [9.17, 15) is 0 Å². The lowest BCUT2D eigenvalue weighted by molar-refractivity contribution is 0.590. The molecule has 1 N–H and O–H groups in total. The largest absolute Gasteiger partial charge is 0.425 e. The fraction of sp³-hybridized carbons (Fsp3) is 0.167. The summed E-state index contributed by atoms with van der Waals surface area (Å²) < 4.78 is 4.96. The molecule has 2 aromatic rings. The van der Waals surface area contributed by atoms with Crippen molar-refractivity contribution >= 4 is 17.0 Å². The molecule has 0 spiro atoms. The van der Waals surface area contributed by atoms with E-state index in [4.69, 9.17) is 4.42 Å². The monoisotopic (exact) mass is 150 g/mol. The standard InChI is InChI=1S/C6H6N4O/c1-7-5-4-6(9-2-8-5)11-3-10-4/h2-3H,1H3,(H,7,8,9). The third-order valence-electron chi connectivity index (χ3n) is 1.37. The van der Waals surface area contributed by atoms with Crippen molar-refractivity contribution in [3.8, 4) is 0 Å². The first kappa shape index (κ1) is 6.09. The lowest BCUT2D eigenvalue weighted by Crippen LogP contribution is -1.93. The van der Waals surface area contributed by atoms with E-state index in [1.54, 1.807) is 7.05 Å². The molecule has 0 fully saturated rings. The van der Waals surface area contributed by atoms with Gasteiger partial charge in [0.1, 0.15) is 6.33 Å². The minimum absolute atomic E-state index is 0.504. The number of oxazole rings is 1. The van der Waals surface area contributed by atoms with Crippen molar-refractivity contribution in [3.63, 3.8) is 0 Å². The summed E-state index contributed by atoms with van der Waals surface area (Å²) in [5.41, 5.74) is 1.17. The molecular formula is C6H6N4O. The number of nitrogens with one attached hydrogen (secondary N) is 1. The Hall–Kier alpha value is -1.65. The first-order valence-electron chi connectivity index (χ1n) is 3.14. The highest BCUT2D eigenvalue weighted by atomic mass is 16.3. The highest BCUT2D eigenvalue weighted by Gasteiger charge is 2.04. The van der Waals surface area contributed by atoms with Crippen LogP contribution in [0.15, 0.2) is 17.1 Å². The summed E-state index contributed by atoms with van der Waals surface area (Å²) in [6, 6.07) is 0. The van der Waals surface area contributed by atoms with Crippen molar-refractivity contribution in [2.45, 2.75) is 0 Å². The maximum atomic E-state index is 4.96. The molecular weight excluding hydrogens is 144 g/mol. The summed E-state index contributed by atoms with van der Waals surface area (Å²) in [5.74, 6) is 0.684. The van der Waals surface area contributed by atoms with Gasteiger partial charge in [-0.05, 0) is 0 Å². The van der Waals surface area contributed by atoms with Crippen molar-refractivity contribution in [2.24, 2.45) is 0 Å². The zero-order chi connectivity index (χ0) is 7.68. The number of hydrogen-bond donors (Lipinski definition) is 1. The number of rotatable bonds is 1. The Balaban J connectivity index is 2.79. The average molecular weight is 150 g/mol. The van der Waals surface area contributed by atoms with E-state index in [-0.39, 0.29) is 0 Å². The molecule has 11 heavy (non-hydrogen) atoms. The number of hydrogen-bond acceptors (Lipinski definition) is 5. The van der Waals surface area contributed by atoms with Crippen molar-refractivity contribution < 1.29 is 4.42 Å². The lowest BCUT2D eigenvalue weighted by atomic mass is 10.5. The van der Waals surface area contributed by atoms with Gasteiger partial charge >= 0.3 is 0 Å². The van der Waals surface area contributed by atoms with Crippen LogP contribution in [0.4, 0.5) is 5.82 Å². The molecule has 0 aliphatic carbocycles. The van der Waals surface area contributed by atoms with E-state index in [1.807, 2.05) is 0 Å². The van der Waals surface area contributed by atoms with Crippen molar-refractivity contribution in [1.82, 2.24) is 15.0 Å². The van der Waals surface area contributed by atoms with Crippen LogP contribution in [0, 0.1) is 0 Å². The van der Waals surface area contributed by atoms with Crippen LogP contribution in [-0.4, -0.2) is 22.0 Å². The fourth-order valence-electron chi connectivity index (χ4n) is 0.877. The Morgan fingerprint density at radius 2 is 2.27 bits per heavy atom. The highest BCUT2D eigenvalue weighted by molar-refractivity contribution is 5.80. The van der Waals surface area contributed by atoms with Crippen molar-refractivity contribution in [3.05, 3.63) is 12.7 Å². The topological polar surface area (TPSA) is 63.8 Å². The highest BCUT2D eigenvalue weighted by Crippen LogP contribution is 2.14. The molecule has 0 radical (unpaired) electrons. The quantitative estimate of drug-likeness (QED) is 0.646. The van der Waals surface area contributed by atoms with Gasteiger partial charge in [-0.15, -0.1) is 0 Å². The minimum Gasteiger partial charge on any atom is -0.425 e. The van der Waals surface area contributed by atoms with Gasteiger partial charge in [-0.2, -0.15) is 4.98 Å². The number of anilines is 1. The first-order chi connectivity index (χ1) is 5.42. The van der Waals surface area contributed by atoms with Gasteiger partial charge in [0.25, 0.3) is 5.71 Å². The molecule has 0 saturated carbocycles. The first-order valence-corrected chi connectivity index (χ1v) is 3.14. The van der Waals surface area contributed by atoms with Crippen LogP contribution >= 0.6 is 0 Å². The van der Waals surface area contributed by atoms with Gasteiger partial charge < -0.3 is 9.73 Å². The molecule has 0 amide bonds. The summed E-state index contributed by atoms with van der Waals surface area (Å²) in [5, 5.41) is 2.88. The van der Waals surface area contributed by atoms with Gasteiger partial charge in [-0.3, -0.25) is 0 Å². The van der Waals surface area contributed by atoms with Gasteiger partial charge in [-0.25, -0.2) is 9.97 Å². The third kappa shape index (κ3) is 0.813. The van der Waals surface area contributed by atoms with Crippen LogP contribution in [0.1, 0.15) is 0 Å². The van der Waals surface area contributed by atoms with Crippen molar-refractivity contribution in [2.75, 3.05) is 12.4 Å². The van der Waals surface area contributed by atoms with Gasteiger partial charge in [0.2, 0.25) is 0 Å². The maximum absolute atomic E-state index is 4.96. The van der Waals surface area contributed by atoms with E-state index in [1.165, 1.54) is 12.7 Å². The summed E-state index contributed by atoms with van der Waals surface area (Å²) >= 11 is 0. The summed E-state index contributed by atoms with van der Waals surface area (Å²) in [4.78, 5) is 11.8. The number of fused-ring (bicyclic) bond motifs is 1. The second kappa shape index (κ2) is 2.19. The molecule has 2 aromatic heterocycles. The maximum Gasteiger partial charge on any atom is 0.251 e. The molecule has 0 unspecified atom stereocenters. The smallest absolute Gasteiger partial charge is 0.251 e. The average Bonchev–Trinajstić information content (AvgIpc) is 2.50. The second-order valence-electron chi connectivity index (χ2n) is 1.98. The van der Waals surface area contributed by atoms with Crippen LogP contribution in [0.5, 0.6) is 0 Å². The van der Waals surface area contributed by atoms with E-state index in [2.05, 4.69) is 20.3 Å². The summed E-state index contributed by atoms with van der Waals surface area (Å²) in [7, 11) is 1.77. The third-order valence-corrected chi connectivity index (χ3v) is 1.37. The zero-order valence-corrected chi connectivity index (χ0v) is 5.90. The fourth-order valence-corrected chi connectivity index (χ4v) is 0.877. The molecule has 0 bridgehead atoms. The van der Waals surface area contributed by atoms with Crippen LogP contribution in [-0.2, 0) is 0 Å². The number of nitrogens with zero attached hydrogens (tertiary/aromatic N) is 3. The summed E-state index contributed by atoms with van der Waals surface area (Å²) in [6.45, 7) is 0. The Bertz CT molecular complexity index is 369. The SMILES string of the molecule is CNc1ncnc2ocnc12. The summed E-state index contributed by atoms with van der Waals surface area (Å²) in [6.07, 6.45) is 2.78. The molecule has 0 aromatic carbocycles. The van der Waals surface area contributed by atoms with E-state index < -0.39 is 0 Å². The predicted molar refractivity (Wildman–Crippen MR) is 39.1 cm³/mol. The molecule has 2 heterocycles.